The lowest BCUT2D eigenvalue weighted by Gasteiger charge is -2.03. The van der Waals surface area contributed by atoms with Gasteiger partial charge in [0.25, 0.3) is 0 Å². The van der Waals surface area contributed by atoms with Crippen molar-refractivity contribution in [3.05, 3.63) is 55.0 Å². The Kier molecular flexibility index (Phi) is 34.0. The van der Waals surface area contributed by atoms with E-state index >= 15 is 0 Å². The van der Waals surface area contributed by atoms with Gasteiger partial charge < -0.3 is 0 Å². The number of rotatable bonds is 30. The molecule has 0 rings (SSSR count). The minimum absolute atomic E-state index is 1.12. The number of unbranched alkanes of at least 4 members (excludes halogenated alkanes) is 22. The van der Waals surface area contributed by atoms with E-state index in [-0.39, 0.29) is 0 Å². The van der Waals surface area contributed by atoms with Crippen LogP contribution in [0.1, 0.15) is 181 Å². The highest BCUT2D eigenvalue weighted by Crippen LogP contribution is 2.14. The summed E-state index contributed by atoms with van der Waals surface area (Å²) in [7, 11) is 0. The standard InChI is InChI=1S/C37H67/c1-3-5-7-9-11-13-15-17-19-21-23-25-27-29-31-33-35-37-36-34-32-30-28-26-24-22-20-18-16-14-12-10-8-6-4-2/h11-14,17-20,37H,3-10,15-16,21-36H2,1-2H3/b13-11-,14-12+,19-17-,20-18+. The molecule has 0 atom stereocenters. The van der Waals surface area contributed by atoms with Crippen LogP contribution in [-0.2, 0) is 0 Å². The fourth-order valence-electron chi connectivity index (χ4n) is 4.70. The summed E-state index contributed by atoms with van der Waals surface area (Å²) in [6.07, 6.45) is 56.5. The van der Waals surface area contributed by atoms with Crippen LogP contribution < -0.4 is 0 Å². The van der Waals surface area contributed by atoms with Crippen LogP contribution in [0.2, 0.25) is 0 Å². The van der Waals surface area contributed by atoms with E-state index in [4.69, 9.17) is 0 Å². The van der Waals surface area contributed by atoms with E-state index in [9.17, 15) is 0 Å². The highest BCUT2D eigenvalue weighted by Gasteiger charge is 1.95. The Morgan fingerprint density at radius 3 is 0.865 bits per heavy atom. The Bertz CT molecular complexity index is 460. The third-order valence-corrected chi connectivity index (χ3v) is 7.22. The first-order valence-electron chi connectivity index (χ1n) is 16.8. The summed E-state index contributed by atoms with van der Waals surface area (Å²) >= 11 is 0. The summed E-state index contributed by atoms with van der Waals surface area (Å²) in [5.74, 6) is 0. The Morgan fingerprint density at radius 1 is 0.270 bits per heavy atom. The van der Waals surface area contributed by atoms with Gasteiger partial charge in [-0.15, -0.1) is 0 Å². The first kappa shape index (κ1) is 36.0. The van der Waals surface area contributed by atoms with Crippen molar-refractivity contribution in [2.75, 3.05) is 0 Å². The average Bonchev–Trinajstić information content (AvgIpc) is 2.91. The smallest absolute Gasteiger partial charge is 0.0169 e. The maximum atomic E-state index is 2.56. The topological polar surface area (TPSA) is 0 Å². The molecule has 0 saturated carbocycles. The molecule has 0 aromatic rings. The largest absolute Gasteiger partial charge is 0.0882 e. The molecule has 0 aromatic heterocycles. The zero-order valence-electron chi connectivity index (χ0n) is 25.6. The van der Waals surface area contributed by atoms with E-state index in [1.807, 2.05) is 0 Å². The predicted octanol–water partition coefficient (Wildman–Crippen LogP) is 13.6. The minimum atomic E-state index is 1.12. The molecule has 0 bridgehead atoms. The van der Waals surface area contributed by atoms with Crippen LogP contribution >= 0.6 is 0 Å². The molecule has 0 aromatic carbocycles. The highest BCUT2D eigenvalue weighted by molar-refractivity contribution is 4.93. The van der Waals surface area contributed by atoms with Gasteiger partial charge in [0.1, 0.15) is 0 Å². The zero-order chi connectivity index (χ0) is 26.7. The van der Waals surface area contributed by atoms with Gasteiger partial charge in [-0.2, -0.15) is 0 Å². The van der Waals surface area contributed by atoms with Crippen molar-refractivity contribution in [1.29, 1.82) is 0 Å². The highest BCUT2D eigenvalue weighted by atomic mass is 14.0. The fraction of sp³-hybridized carbons (Fsp3) is 0.757. The van der Waals surface area contributed by atoms with Crippen molar-refractivity contribution in [1.82, 2.24) is 0 Å². The maximum absolute atomic E-state index is 2.56. The number of allylic oxidation sites excluding steroid dienone is 8. The van der Waals surface area contributed by atoms with Crippen LogP contribution in [0.25, 0.3) is 0 Å². The van der Waals surface area contributed by atoms with Gasteiger partial charge in [0.15, 0.2) is 0 Å². The monoisotopic (exact) mass is 512 g/mol. The molecule has 0 amide bonds. The molecule has 37 heavy (non-hydrogen) atoms. The van der Waals surface area contributed by atoms with E-state index < -0.39 is 0 Å². The van der Waals surface area contributed by atoms with Gasteiger partial charge in [0, 0.05) is 0 Å². The molecule has 0 unspecified atom stereocenters. The normalized spacial score (nSPS) is 12.4. The van der Waals surface area contributed by atoms with Crippen LogP contribution in [0.3, 0.4) is 0 Å². The van der Waals surface area contributed by atoms with E-state index in [0.717, 1.165) is 12.8 Å². The van der Waals surface area contributed by atoms with Crippen LogP contribution in [-0.4, -0.2) is 0 Å². The third-order valence-electron chi connectivity index (χ3n) is 7.22. The SMILES string of the molecule is CCCCC/C=C\C/C=C\CCCCCCCC[CH]CCCCCCCC/C=C/C/C=C/CCCCC. The molecule has 0 spiro atoms. The van der Waals surface area contributed by atoms with Gasteiger partial charge in [-0.3, -0.25) is 0 Å². The lowest BCUT2D eigenvalue weighted by atomic mass is 10.0. The van der Waals surface area contributed by atoms with Crippen LogP contribution in [0.15, 0.2) is 48.6 Å². The van der Waals surface area contributed by atoms with Gasteiger partial charge in [0.05, 0.1) is 0 Å². The molecule has 0 fully saturated rings. The summed E-state index contributed by atoms with van der Waals surface area (Å²) in [6, 6.07) is 0. The van der Waals surface area contributed by atoms with Crippen molar-refractivity contribution in [3.8, 4) is 0 Å². The molecule has 0 nitrogen and oxygen atoms in total. The molecule has 0 heterocycles. The summed E-state index contributed by atoms with van der Waals surface area (Å²) in [6.45, 7) is 4.54. The molecule has 0 aliphatic carbocycles. The zero-order valence-corrected chi connectivity index (χ0v) is 25.6. The Hall–Kier alpha value is -1.04. The summed E-state index contributed by atoms with van der Waals surface area (Å²) in [4.78, 5) is 0. The summed E-state index contributed by atoms with van der Waals surface area (Å²) in [5.41, 5.74) is 0. The van der Waals surface area contributed by atoms with Gasteiger partial charge in [-0.05, 0) is 70.6 Å². The second kappa shape index (κ2) is 35.0. The van der Waals surface area contributed by atoms with Crippen LogP contribution in [0.5, 0.6) is 0 Å². The van der Waals surface area contributed by atoms with Crippen molar-refractivity contribution in [2.45, 2.75) is 181 Å². The Labute approximate surface area is 235 Å². The molecular weight excluding hydrogens is 444 g/mol. The van der Waals surface area contributed by atoms with Crippen LogP contribution in [0.4, 0.5) is 0 Å². The van der Waals surface area contributed by atoms with Crippen molar-refractivity contribution >= 4 is 0 Å². The van der Waals surface area contributed by atoms with E-state index in [0.29, 0.717) is 0 Å². The summed E-state index contributed by atoms with van der Waals surface area (Å²) in [5, 5.41) is 0. The number of hydrogen-bond acceptors (Lipinski definition) is 0. The maximum Gasteiger partial charge on any atom is -0.0169 e. The van der Waals surface area contributed by atoms with Crippen LogP contribution in [0, 0.1) is 6.42 Å². The Balaban J connectivity index is 3.16. The molecule has 215 valence electrons. The number of hydrogen-bond donors (Lipinski definition) is 0. The second-order valence-corrected chi connectivity index (χ2v) is 11.0. The van der Waals surface area contributed by atoms with E-state index in [2.05, 4.69) is 68.9 Å². The first-order valence-corrected chi connectivity index (χ1v) is 16.8. The molecule has 1 radical (unpaired) electrons. The molecular formula is C37H67. The van der Waals surface area contributed by atoms with Crippen molar-refractivity contribution in [2.24, 2.45) is 0 Å². The first-order chi connectivity index (χ1) is 18.4. The Morgan fingerprint density at radius 2 is 0.541 bits per heavy atom. The third kappa shape index (κ3) is 35.0. The fourth-order valence-corrected chi connectivity index (χ4v) is 4.70. The van der Waals surface area contributed by atoms with Crippen molar-refractivity contribution < 1.29 is 0 Å². The average molecular weight is 512 g/mol. The van der Waals surface area contributed by atoms with Gasteiger partial charge in [0.2, 0.25) is 0 Å². The van der Waals surface area contributed by atoms with E-state index in [1.54, 1.807) is 0 Å². The molecule has 0 aliphatic heterocycles. The minimum Gasteiger partial charge on any atom is -0.0882 e. The van der Waals surface area contributed by atoms with Crippen molar-refractivity contribution in [3.63, 3.8) is 0 Å². The van der Waals surface area contributed by atoms with E-state index in [1.165, 1.54) is 154 Å². The lowest BCUT2D eigenvalue weighted by Crippen LogP contribution is -1.84. The molecule has 0 heteroatoms. The quantitative estimate of drug-likeness (QED) is 0.0664. The molecule has 0 saturated heterocycles. The van der Waals surface area contributed by atoms with Gasteiger partial charge in [-0.25, -0.2) is 0 Å². The lowest BCUT2D eigenvalue weighted by molar-refractivity contribution is 0.573. The molecule has 0 N–H and O–H groups in total. The van der Waals surface area contributed by atoms with Gasteiger partial charge >= 0.3 is 0 Å². The summed E-state index contributed by atoms with van der Waals surface area (Å²) < 4.78 is 0. The van der Waals surface area contributed by atoms with Gasteiger partial charge in [-0.1, -0.05) is 165 Å². The predicted molar refractivity (Wildman–Crippen MR) is 172 cm³/mol. The second-order valence-electron chi connectivity index (χ2n) is 11.0. The molecule has 0 aliphatic rings.